The second-order valence-electron chi connectivity index (χ2n) is 3.54. The maximum atomic E-state index is 12.3. The maximum Gasteiger partial charge on any atom is 0.262 e. The molecule has 1 heterocycles. The monoisotopic (exact) mass is 312 g/mol. The molecule has 0 bridgehead atoms. The highest BCUT2D eigenvalue weighted by Gasteiger charge is 2.09. The number of aromatic nitrogens is 2. The Hall–Kier alpha value is -0.810. The number of hydrogen-bond acceptors (Lipinski definition) is 3. The number of hydrogen-bond donors (Lipinski definition) is 0. The molecule has 0 aliphatic heterocycles. The minimum Gasteiger partial charge on any atom is -0.287 e. The Morgan fingerprint density at radius 2 is 2.18 bits per heavy atom. The molecule has 0 unspecified atom stereocenters. The Labute approximate surface area is 112 Å². The van der Waals surface area contributed by atoms with Crippen molar-refractivity contribution < 1.29 is 0 Å². The van der Waals surface area contributed by atoms with Gasteiger partial charge in [0.05, 0.1) is 10.9 Å². The standard InChI is InChI=1S/C12H13BrN2OS/c1-3-15-11(16)9-7-8(13)5-6-10(9)14-12(15)17-4-2/h5-7H,3-4H2,1-2H3. The summed E-state index contributed by atoms with van der Waals surface area (Å²) in [6.07, 6.45) is 0. The summed E-state index contributed by atoms with van der Waals surface area (Å²) in [4.78, 5) is 16.8. The first-order chi connectivity index (χ1) is 8.17. The molecule has 0 N–H and O–H groups in total. The van der Waals surface area contributed by atoms with Crippen LogP contribution in [0.2, 0.25) is 0 Å². The number of rotatable bonds is 3. The molecule has 0 radical (unpaired) electrons. The predicted octanol–water partition coefficient (Wildman–Crippen LogP) is 3.29. The van der Waals surface area contributed by atoms with E-state index in [4.69, 9.17) is 0 Å². The lowest BCUT2D eigenvalue weighted by molar-refractivity contribution is 0.634. The van der Waals surface area contributed by atoms with Gasteiger partial charge in [-0.3, -0.25) is 9.36 Å². The van der Waals surface area contributed by atoms with Gasteiger partial charge in [0.2, 0.25) is 0 Å². The molecule has 0 amide bonds. The summed E-state index contributed by atoms with van der Waals surface area (Å²) >= 11 is 4.98. The van der Waals surface area contributed by atoms with Gasteiger partial charge in [0.1, 0.15) is 0 Å². The lowest BCUT2D eigenvalue weighted by Crippen LogP contribution is -2.22. The first-order valence-electron chi connectivity index (χ1n) is 5.50. The third kappa shape index (κ3) is 2.40. The molecule has 0 fully saturated rings. The van der Waals surface area contributed by atoms with Crippen LogP contribution < -0.4 is 5.56 Å². The SMILES string of the molecule is CCSc1nc2ccc(Br)cc2c(=O)n1CC. The zero-order chi connectivity index (χ0) is 12.4. The molecule has 1 aromatic heterocycles. The predicted molar refractivity (Wildman–Crippen MR) is 75.8 cm³/mol. The van der Waals surface area contributed by atoms with Crippen LogP contribution in [-0.4, -0.2) is 15.3 Å². The van der Waals surface area contributed by atoms with Gasteiger partial charge in [-0.15, -0.1) is 0 Å². The quantitative estimate of drug-likeness (QED) is 0.644. The van der Waals surface area contributed by atoms with Crippen LogP contribution >= 0.6 is 27.7 Å². The molecule has 0 aliphatic rings. The molecule has 0 aliphatic carbocycles. The molecule has 2 aromatic rings. The van der Waals surface area contributed by atoms with Crippen LogP contribution in [0.3, 0.4) is 0 Å². The van der Waals surface area contributed by atoms with Crippen molar-refractivity contribution in [2.75, 3.05) is 5.75 Å². The van der Waals surface area contributed by atoms with Crippen LogP contribution in [0.5, 0.6) is 0 Å². The van der Waals surface area contributed by atoms with E-state index in [9.17, 15) is 4.79 Å². The van der Waals surface area contributed by atoms with Gasteiger partial charge in [-0.05, 0) is 30.9 Å². The van der Waals surface area contributed by atoms with E-state index in [0.717, 1.165) is 20.9 Å². The van der Waals surface area contributed by atoms with Gasteiger partial charge in [0.25, 0.3) is 5.56 Å². The zero-order valence-corrected chi connectivity index (χ0v) is 12.1. The van der Waals surface area contributed by atoms with E-state index in [1.165, 1.54) is 0 Å². The van der Waals surface area contributed by atoms with Crippen LogP contribution in [0.15, 0.2) is 32.6 Å². The minimum atomic E-state index is 0.0368. The highest BCUT2D eigenvalue weighted by molar-refractivity contribution is 9.10. The summed E-state index contributed by atoms with van der Waals surface area (Å²) in [5.74, 6) is 0.911. The molecular weight excluding hydrogens is 300 g/mol. The number of thioether (sulfide) groups is 1. The summed E-state index contributed by atoms with van der Waals surface area (Å²) in [5, 5.41) is 1.47. The fraction of sp³-hybridized carbons (Fsp3) is 0.333. The van der Waals surface area contributed by atoms with Crippen LogP contribution in [0.1, 0.15) is 13.8 Å². The molecule has 2 rings (SSSR count). The smallest absolute Gasteiger partial charge is 0.262 e. The Bertz CT molecular complexity index is 609. The van der Waals surface area contributed by atoms with E-state index in [1.54, 1.807) is 16.3 Å². The van der Waals surface area contributed by atoms with E-state index in [1.807, 2.05) is 25.1 Å². The molecule has 90 valence electrons. The third-order valence-electron chi connectivity index (χ3n) is 2.47. The van der Waals surface area contributed by atoms with Gasteiger partial charge >= 0.3 is 0 Å². The fourth-order valence-electron chi connectivity index (χ4n) is 1.69. The van der Waals surface area contributed by atoms with Gasteiger partial charge in [-0.2, -0.15) is 0 Å². The van der Waals surface area contributed by atoms with Crippen molar-refractivity contribution in [3.63, 3.8) is 0 Å². The highest BCUT2D eigenvalue weighted by atomic mass is 79.9. The van der Waals surface area contributed by atoms with E-state index in [2.05, 4.69) is 27.8 Å². The van der Waals surface area contributed by atoms with E-state index in [-0.39, 0.29) is 5.56 Å². The first kappa shape index (κ1) is 12.6. The van der Waals surface area contributed by atoms with E-state index < -0.39 is 0 Å². The van der Waals surface area contributed by atoms with Crippen LogP contribution in [0.4, 0.5) is 0 Å². The topological polar surface area (TPSA) is 34.9 Å². The second kappa shape index (κ2) is 5.23. The van der Waals surface area contributed by atoms with Crippen molar-refractivity contribution >= 4 is 38.6 Å². The van der Waals surface area contributed by atoms with Gasteiger partial charge in [0.15, 0.2) is 5.16 Å². The number of nitrogens with zero attached hydrogens (tertiary/aromatic N) is 2. The highest BCUT2D eigenvalue weighted by Crippen LogP contribution is 2.20. The summed E-state index contributed by atoms with van der Waals surface area (Å²) in [6.45, 7) is 4.67. The minimum absolute atomic E-state index is 0.0368. The fourth-order valence-corrected chi connectivity index (χ4v) is 2.84. The van der Waals surface area contributed by atoms with Gasteiger partial charge in [-0.25, -0.2) is 4.98 Å². The van der Waals surface area contributed by atoms with Gasteiger partial charge < -0.3 is 0 Å². The molecule has 0 saturated carbocycles. The number of halogens is 1. The van der Waals surface area contributed by atoms with Crippen molar-refractivity contribution in [2.24, 2.45) is 0 Å². The Kier molecular flexibility index (Phi) is 3.89. The molecule has 0 atom stereocenters. The zero-order valence-electron chi connectivity index (χ0n) is 9.74. The van der Waals surface area contributed by atoms with Crippen LogP contribution in [0.25, 0.3) is 10.9 Å². The summed E-state index contributed by atoms with van der Waals surface area (Å²) < 4.78 is 2.63. The third-order valence-corrected chi connectivity index (χ3v) is 3.82. The molecule has 5 heteroatoms. The largest absolute Gasteiger partial charge is 0.287 e. The van der Waals surface area contributed by atoms with Crippen molar-refractivity contribution in [1.82, 2.24) is 9.55 Å². The molecule has 0 spiro atoms. The normalized spacial score (nSPS) is 11.0. The van der Waals surface area contributed by atoms with Gasteiger partial charge in [0, 0.05) is 11.0 Å². The van der Waals surface area contributed by atoms with Crippen molar-refractivity contribution in [1.29, 1.82) is 0 Å². The molecular formula is C12H13BrN2OS. The lowest BCUT2D eigenvalue weighted by Gasteiger charge is -2.10. The van der Waals surface area contributed by atoms with Gasteiger partial charge in [-0.1, -0.05) is 34.6 Å². The molecule has 1 aromatic carbocycles. The Balaban J connectivity index is 2.78. The average Bonchev–Trinajstić information content (AvgIpc) is 2.31. The maximum absolute atomic E-state index is 12.3. The van der Waals surface area contributed by atoms with Crippen molar-refractivity contribution in [3.8, 4) is 0 Å². The van der Waals surface area contributed by atoms with E-state index in [0.29, 0.717) is 11.9 Å². The Morgan fingerprint density at radius 1 is 1.41 bits per heavy atom. The average molecular weight is 313 g/mol. The molecule has 0 saturated heterocycles. The van der Waals surface area contributed by atoms with Crippen molar-refractivity contribution in [3.05, 3.63) is 33.0 Å². The second-order valence-corrected chi connectivity index (χ2v) is 5.69. The van der Waals surface area contributed by atoms with E-state index >= 15 is 0 Å². The number of fused-ring (bicyclic) bond motifs is 1. The number of benzene rings is 1. The summed E-state index contributed by atoms with van der Waals surface area (Å²) in [5.41, 5.74) is 0.800. The first-order valence-corrected chi connectivity index (χ1v) is 7.28. The summed E-state index contributed by atoms with van der Waals surface area (Å²) in [7, 11) is 0. The molecule has 17 heavy (non-hydrogen) atoms. The van der Waals surface area contributed by atoms with Crippen molar-refractivity contribution in [2.45, 2.75) is 25.5 Å². The Morgan fingerprint density at radius 3 is 2.82 bits per heavy atom. The lowest BCUT2D eigenvalue weighted by atomic mass is 10.2. The van der Waals surface area contributed by atoms with Crippen LogP contribution in [0, 0.1) is 0 Å². The van der Waals surface area contributed by atoms with Crippen LogP contribution in [-0.2, 0) is 6.54 Å². The molecule has 3 nitrogen and oxygen atoms in total. The summed E-state index contributed by atoms with van der Waals surface area (Å²) in [6, 6.07) is 5.61.